The van der Waals surface area contributed by atoms with E-state index >= 15 is 0 Å². The number of hydrogen-bond donors (Lipinski definition) is 3. The first-order valence-electron chi connectivity index (χ1n) is 8.20. The van der Waals surface area contributed by atoms with Gasteiger partial charge in [0.25, 0.3) is 0 Å². The van der Waals surface area contributed by atoms with E-state index in [0.29, 0.717) is 23.3 Å². The minimum absolute atomic E-state index is 0. The van der Waals surface area contributed by atoms with Crippen molar-refractivity contribution in [1.82, 2.24) is 10.6 Å². The van der Waals surface area contributed by atoms with Gasteiger partial charge in [0.2, 0.25) is 0 Å². The number of nitrogens with one attached hydrogen (secondary N) is 2. The van der Waals surface area contributed by atoms with Gasteiger partial charge in [0.15, 0.2) is 5.96 Å². The SMILES string of the molecule is CCNC(=NCC(O)c1ccco1)NCCc1ccc(OC)cc1Cl.I. The van der Waals surface area contributed by atoms with Crippen molar-refractivity contribution in [3.05, 3.63) is 52.9 Å². The van der Waals surface area contributed by atoms with Crippen LogP contribution in [-0.2, 0) is 6.42 Å². The third kappa shape index (κ3) is 7.05. The topological polar surface area (TPSA) is 79.0 Å². The average molecular weight is 494 g/mol. The van der Waals surface area contributed by atoms with E-state index in [4.69, 9.17) is 20.8 Å². The van der Waals surface area contributed by atoms with Crippen LogP contribution in [0.25, 0.3) is 0 Å². The summed E-state index contributed by atoms with van der Waals surface area (Å²) in [5, 5.41) is 17.1. The molecular formula is C18H25ClIN3O3. The average Bonchev–Trinajstić information content (AvgIpc) is 3.15. The molecule has 0 saturated carbocycles. The highest BCUT2D eigenvalue weighted by molar-refractivity contribution is 14.0. The Morgan fingerprint density at radius 2 is 2.15 bits per heavy atom. The van der Waals surface area contributed by atoms with Gasteiger partial charge >= 0.3 is 0 Å². The molecule has 0 aliphatic heterocycles. The second kappa shape index (κ2) is 12.0. The van der Waals surface area contributed by atoms with Gasteiger partial charge < -0.3 is 24.9 Å². The normalized spacial score (nSPS) is 12.2. The predicted molar refractivity (Wildman–Crippen MR) is 115 cm³/mol. The molecule has 1 aromatic heterocycles. The van der Waals surface area contributed by atoms with Crippen LogP contribution in [0.1, 0.15) is 24.4 Å². The zero-order valence-electron chi connectivity index (χ0n) is 14.9. The van der Waals surface area contributed by atoms with Crippen molar-refractivity contribution in [2.75, 3.05) is 26.7 Å². The number of ether oxygens (including phenoxy) is 1. The lowest BCUT2D eigenvalue weighted by Crippen LogP contribution is -2.38. The van der Waals surface area contributed by atoms with Gasteiger partial charge in [0, 0.05) is 18.1 Å². The molecule has 0 spiro atoms. The van der Waals surface area contributed by atoms with Crippen LogP contribution in [0.15, 0.2) is 46.0 Å². The number of halogens is 2. The maximum atomic E-state index is 10.0. The zero-order chi connectivity index (χ0) is 18.1. The van der Waals surface area contributed by atoms with E-state index in [1.165, 1.54) is 6.26 Å². The smallest absolute Gasteiger partial charge is 0.191 e. The quantitative estimate of drug-likeness (QED) is 0.298. The van der Waals surface area contributed by atoms with Gasteiger partial charge in [0.1, 0.15) is 17.6 Å². The molecule has 1 unspecified atom stereocenters. The molecule has 0 amide bonds. The number of aliphatic hydroxyl groups excluding tert-OH is 1. The summed E-state index contributed by atoms with van der Waals surface area (Å²) in [5.74, 6) is 1.88. The highest BCUT2D eigenvalue weighted by Crippen LogP contribution is 2.22. The number of hydrogen-bond acceptors (Lipinski definition) is 4. The van der Waals surface area contributed by atoms with E-state index in [0.717, 1.165) is 24.3 Å². The Labute approximate surface area is 176 Å². The molecule has 0 saturated heterocycles. The molecule has 1 heterocycles. The van der Waals surface area contributed by atoms with E-state index in [2.05, 4.69) is 15.6 Å². The second-order valence-electron chi connectivity index (χ2n) is 5.38. The summed E-state index contributed by atoms with van der Waals surface area (Å²) in [7, 11) is 1.61. The van der Waals surface area contributed by atoms with Gasteiger partial charge in [-0.2, -0.15) is 0 Å². The summed E-state index contributed by atoms with van der Waals surface area (Å²) >= 11 is 6.25. The third-order valence-corrected chi connectivity index (χ3v) is 3.94. The molecule has 26 heavy (non-hydrogen) atoms. The molecule has 2 rings (SSSR count). The Hall–Kier alpha value is -1.45. The number of guanidine groups is 1. The van der Waals surface area contributed by atoms with Crippen molar-refractivity contribution >= 4 is 41.5 Å². The van der Waals surface area contributed by atoms with E-state index < -0.39 is 6.10 Å². The summed E-state index contributed by atoms with van der Waals surface area (Å²) in [4.78, 5) is 4.38. The van der Waals surface area contributed by atoms with Crippen molar-refractivity contribution in [2.24, 2.45) is 4.99 Å². The molecule has 0 radical (unpaired) electrons. The number of aliphatic imine (C=N–C) groups is 1. The summed E-state index contributed by atoms with van der Waals surface area (Å²) < 4.78 is 10.3. The van der Waals surface area contributed by atoms with E-state index in [9.17, 15) is 5.11 Å². The van der Waals surface area contributed by atoms with Crippen LogP contribution < -0.4 is 15.4 Å². The Bertz CT molecular complexity index is 680. The monoisotopic (exact) mass is 493 g/mol. The van der Waals surface area contributed by atoms with Gasteiger partial charge in [0.05, 0.1) is 19.9 Å². The van der Waals surface area contributed by atoms with Gasteiger partial charge in [-0.3, -0.25) is 4.99 Å². The first-order valence-corrected chi connectivity index (χ1v) is 8.58. The molecular weight excluding hydrogens is 469 g/mol. The maximum absolute atomic E-state index is 10.0. The number of aliphatic hydroxyl groups is 1. The van der Waals surface area contributed by atoms with Crippen molar-refractivity contribution in [1.29, 1.82) is 0 Å². The molecule has 3 N–H and O–H groups in total. The van der Waals surface area contributed by atoms with Crippen LogP contribution in [0.3, 0.4) is 0 Å². The van der Waals surface area contributed by atoms with Gasteiger partial charge in [-0.1, -0.05) is 17.7 Å². The largest absolute Gasteiger partial charge is 0.497 e. The van der Waals surface area contributed by atoms with Gasteiger partial charge in [-0.25, -0.2) is 0 Å². The summed E-state index contributed by atoms with van der Waals surface area (Å²) in [6.45, 7) is 3.59. The fourth-order valence-electron chi connectivity index (χ4n) is 2.26. The Balaban J connectivity index is 0.00000338. The number of rotatable bonds is 8. The van der Waals surface area contributed by atoms with Crippen molar-refractivity contribution in [3.8, 4) is 5.75 Å². The molecule has 2 aromatic rings. The third-order valence-electron chi connectivity index (χ3n) is 3.59. The summed E-state index contributed by atoms with van der Waals surface area (Å²) in [6, 6.07) is 9.11. The summed E-state index contributed by atoms with van der Waals surface area (Å²) in [5.41, 5.74) is 1.03. The first-order chi connectivity index (χ1) is 12.1. The highest BCUT2D eigenvalue weighted by atomic mass is 127. The van der Waals surface area contributed by atoms with Gasteiger partial charge in [-0.15, -0.1) is 24.0 Å². The van der Waals surface area contributed by atoms with Crippen LogP contribution >= 0.6 is 35.6 Å². The minimum Gasteiger partial charge on any atom is -0.497 e. The Kier molecular flexibility index (Phi) is 10.5. The van der Waals surface area contributed by atoms with Gasteiger partial charge in [-0.05, 0) is 43.2 Å². The van der Waals surface area contributed by atoms with E-state index in [1.807, 2.05) is 19.1 Å². The fraction of sp³-hybridized carbons (Fsp3) is 0.389. The molecule has 8 heteroatoms. The standard InChI is InChI=1S/C18H24ClN3O3.HI/c1-3-20-18(22-12-16(23)17-5-4-10-25-17)21-9-8-13-6-7-14(24-2)11-15(13)19;/h4-7,10-11,16,23H,3,8-9,12H2,1-2H3,(H2,20,21,22);1H. The zero-order valence-corrected chi connectivity index (χ0v) is 18.0. The molecule has 0 bridgehead atoms. The predicted octanol–water partition coefficient (Wildman–Crippen LogP) is 3.39. The molecule has 0 aliphatic carbocycles. The summed E-state index contributed by atoms with van der Waals surface area (Å²) in [6.07, 6.45) is 1.51. The van der Waals surface area contributed by atoms with Crippen LogP contribution in [0.2, 0.25) is 5.02 Å². The van der Waals surface area contributed by atoms with Crippen molar-refractivity contribution in [3.63, 3.8) is 0 Å². The number of furan rings is 1. The Morgan fingerprint density at radius 3 is 2.77 bits per heavy atom. The lowest BCUT2D eigenvalue weighted by Gasteiger charge is -2.13. The number of methoxy groups -OCH3 is 1. The highest BCUT2D eigenvalue weighted by Gasteiger charge is 2.10. The maximum Gasteiger partial charge on any atom is 0.191 e. The molecule has 144 valence electrons. The minimum atomic E-state index is -0.763. The molecule has 6 nitrogen and oxygen atoms in total. The number of nitrogens with zero attached hydrogens (tertiary/aromatic N) is 1. The molecule has 1 atom stereocenters. The van der Waals surface area contributed by atoms with Crippen LogP contribution in [0, 0.1) is 0 Å². The molecule has 1 aromatic carbocycles. The molecule has 0 fully saturated rings. The van der Waals surface area contributed by atoms with Crippen LogP contribution in [0.4, 0.5) is 0 Å². The van der Waals surface area contributed by atoms with Crippen molar-refractivity contribution < 1.29 is 14.3 Å². The van der Waals surface area contributed by atoms with Crippen molar-refractivity contribution in [2.45, 2.75) is 19.4 Å². The van der Waals surface area contributed by atoms with E-state index in [1.54, 1.807) is 25.3 Å². The van der Waals surface area contributed by atoms with Crippen LogP contribution in [-0.4, -0.2) is 37.8 Å². The lowest BCUT2D eigenvalue weighted by molar-refractivity contribution is 0.158. The first kappa shape index (κ1) is 22.6. The Morgan fingerprint density at radius 1 is 1.35 bits per heavy atom. The van der Waals surface area contributed by atoms with Crippen LogP contribution in [0.5, 0.6) is 5.75 Å². The second-order valence-corrected chi connectivity index (χ2v) is 5.79. The molecule has 0 aliphatic rings. The number of benzene rings is 1. The van der Waals surface area contributed by atoms with E-state index in [-0.39, 0.29) is 30.5 Å². The lowest BCUT2D eigenvalue weighted by atomic mass is 10.1. The fourth-order valence-corrected chi connectivity index (χ4v) is 2.53.